The van der Waals surface area contributed by atoms with Crippen molar-refractivity contribution in [3.8, 4) is 0 Å². The number of alkyl halides is 1. The van der Waals surface area contributed by atoms with E-state index in [2.05, 4.69) is 63.3 Å². The van der Waals surface area contributed by atoms with E-state index in [1.54, 1.807) is 0 Å². The predicted octanol–water partition coefficient (Wildman–Crippen LogP) is 5.05. The Bertz CT molecular complexity index is 448. The molecule has 1 aliphatic carbocycles. The zero-order chi connectivity index (χ0) is 12.5. The minimum Gasteiger partial charge on any atom is -0.114 e. The summed E-state index contributed by atoms with van der Waals surface area (Å²) in [5.41, 5.74) is 2.60. The smallest absolute Gasteiger partial charge is 0.0711 e. The van der Waals surface area contributed by atoms with E-state index < -0.39 is 0 Å². The van der Waals surface area contributed by atoms with Crippen molar-refractivity contribution < 1.29 is 0 Å². The molecule has 0 spiro atoms. The van der Waals surface area contributed by atoms with Gasteiger partial charge in [-0.15, -0.1) is 11.6 Å². The summed E-state index contributed by atoms with van der Waals surface area (Å²) in [6.45, 7) is 6.56. The van der Waals surface area contributed by atoms with Gasteiger partial charge in [-0.05, 0) is 23.0 Å². The lowest BCUT2D eigenvalue weighted by Crippen LogP contribution is -2.35. The van der Waals surface area contributed by atoms with E-state index in [4.69, 9.17) is 11.6 Å². The number of halogens is 1. The summed E-state index contributed by atoms with van der Waals surface area (Å²) >= 11 is 6.67. The fourth-order valence-electron chi connectivity index (χ4n) is 2.02. The zero-order valence-corrected chi connectivity index (χ0v) is 11.5. The van der Waals surface area contributed by atoms with Crippen LogP contribution in [0.5, 0.6) is 0 Å². The van der Waals surface area contributed by atoms with Crippen molar-refractivity contribution in [2.45, 2.75) is 32.1 Å². The average Bonchev–Trinajstić information content (AvgIpc) is 2.30. The SMILES string of the molecule is CC(C)(C)C1(Cl)C=CC(c2ccccc2)=CC1. The maximum atomic E-state index is 6.67. The molecule has 1 unspecified atom stereocenters. The van der Waals surface area contributed by atoms with Crippen LogP contribution in [0.4, 0.5) is 0 Å². The van der Waals surface area contributed by atoms with Crippen molar-refractivity contribution in [3.63, 3.8) is 0 Å². The first kappa shape index (κ1) is 12.4. The lowest BCUT2D eigenvalue weighted by Gasteiger charge is -2.38. The molecule has 1 aromatic rings. The average molecular weight is 247 g/mol. The molecule has 90 valence electrons. The summed E-state index contributed by atoms with van der Waals surface area (Å²) in [4.78, 5) is -0.259. The topological polar surface area (TPSA) is 0 Å². The first-order chi connectivity index (χ1) is 7.92. The van der Waals surface area contributed by atoms with Crippen molar-refractivity contribution in [1.29, 1.82) is 0 Å². The molecule has 0 amide bonds. The second kappa shape index (κ2) is 4.34. The van der Waals surface area contributed by atoms with E-state index in [-0.39, 0.29) is 10.3 Å². The molecule has 0 N–H and O–H groups in total. The van der Waals surface area contributed by atoms with Crippen LogP contribution in [0, 0.1) is 5.41 Å². The second-order valence-corrected chi connectivity index (χ2v) is 6.35. The van der Waals surface area contributed by atoms with Crippen molar-refractivity contribution in [3.05, 3.63) is 54.1 Å². The summed E-state index contributed by atoms with van der Waals surface area (Å²) in [6.07, 6.45) is 7.43. The van der Waals surface area contributed by atoms with Crippen LogP contribution in [0.15, 0.2) is 48.6 Å². The number of benzene rings is 1. The van der Waals surface area contributed by atoms with Gasteiger partial charge in [-0.1, -0.05) is 69.3 Å². The Hall–Kier alpha value is -1.01. The van der Waals surface area contributed by atoms with Gasteiger partial charge in [0.15, 0.2) is 0 Å². The van der Waals surface area contributed by atoms with Gasteiger partial charge in [0.1, 0.15) is 0 Å². The molecule has 17 heavy (non-hydrogen) atoms. The first-order valence-corrected chi connectivity index (χ1v) is 6.44. The fraction of sp³-hybridized carbons (Fsp3) is 0.375. The van der Waals surface area contributed by atoms with Crippen LogP contribution in [-0.4, -0.2) is 4.87 Å². The highest BCUT2D eigenvalue weighted by Crippen LogP contribution is 2.44. The Balaban J connectivity index is 2.23. The predicted molar refractivity (Wildman–Crippen MR) is 76.2 cm³/mol. The van der Waals surface area contributed by atoms with Crippen molar-refractivity contribution in [2.75, 3.05) is 0 Å². The first-order valence-electron chi connectivity index (χ1n) is 6.06. The number of hydrogen-bond acceptors (Lipinski definition) is 0. The molecule has 1 aromatic carbocycles. The molecule has 1 heteroatoms. The lowest BCUT2D eigenvalue weighted by molar-refractivity contribution is 0.322. The Labute approximate surface area is 109 Å². The molecule has 1 aliphatic rings. The lowest BCUT2D eigenvalue weighted by atomic mass is 9.75. The van der Waals surface area contributed by atoms with Crippen LogP contribution in [0.25, 0.3) is 5.57 Å². The van der Waals surface area contributed by atoms with Gasteiger partial charge < -0.3 is 0 Å². The van der Waals surface area contributed by atoms with E-state index >= 15 is 0 Å². The van der Waals surface area contributed by atoms with Gasteiger partial charge in [-0.2, -0.15) is 0 Å². The Morgan fingerprint density at radius 3 is 2.24 bits per heavy atom. The maximum absolute atomic E-state index is 6.67. The van der Waals surface area contributed by atoms with Crippen molar-refractivity contribution in [2.24, 2.45) is 5.41 Å². The highest BCUT2D eigenvalue weighted by molar-refractivity contribution is 6.26. The summed E-state index contributed by atoms with van der Waals surface area (Å²) in [6, 6.07) is 10.4. The van der Waals surface area contributed by atoms with E-state index in [0.29, 0.717) is 0 Å². The van der Waals surface area contributed by atoms with Gasteiger partial charge in [-0.3, -0.25) is 0 Å². The van der Waals surface area contributed by atoms with Gasteiger partial charge in [-0.25, -0.2) is 0 Å². The molecule has 0 saturated carbocycles. The van der Waals surface area contributed by atoms with E-state index in [9.17, 15) is 0 Å². The minimum atomic E-state index is -0.259. The monoisotopic (exact) mass is 246 g/mol. The highest BCUT2D eigenvalue weighted by atomic mass is 35.5. The maximum Gasteiger partial charge on any atom is 0.0711 e. The van der Waals surface area contributed by atoms with Gasteiger partial charge in [0.2, 0.25) is 0 Å². The normalized spacial score (nSPS) is 24.6. The van der Waals surface area contributed by atoms with E-state index in [1.165, 1.54) is 11.1 Å². The third kappa shape index (κ3) is 2.47. The number of allylic oxidation sites excluding steroid dienone is 4. The van der Waals surface area contributed by atoms with Gasteiger partial charge in [0.25, 0.3) is 0 Å². The Kier molecular flexibility index (Phi) is 3.18. The summed E-state index contributed by atoms with van der Waals surface area (Å²) in [5.74, 6) is 0. The van der Waals surface area contributed by atoms with Crippen LogP contribution in [0.2, 0.25) is 0 Å². The molecule has 0 aromatic heterocycles. The Morgan fingerprint density at radius 2 is 1.76 bits per heavy atom. The van der Waals surface area contributed by atoms with Crippen LogP contribution < -0.4 is 0 Å². The van der Waals surface area contributed by atoms with Crippen LogP contribution in [-0.2, 0) is 0 Å². The van der Waals surface area contributed by atoms with Crippen LogP contribution in [0.3, 0.4) is 0 Å². The molecule has 0 radical (unpaired) electrons. The minimum absolute atomic E-state index is 0.0732. The molecule has 1 atom stereocenters. The van der Waals surface area contributed by atoms with Crippen molar-refractivity contribution >= 4 is 17.2 Å². The van der Waals surface area contributed by atoms with Gasteiger partial charge in [0, 0.05) is 0 Å². The largest absolute Gasteiger partial charge is 0.114 e. The number of hydrogen-bond donors (Lipinski definition) is 0. The molecule has 0 aliphatic heterocycles. The third-order valence-electron chi connectivity index (χ3n) is 3.50. The zero-order valence-electron chi connectivity index (χ0n) is 10.7. The summed E-state index contributed by atoms with van der Waals surface area (Å²) in [7, 11) is 0. The molecule has 0 fully saturated rings. The third-order valence-corrected chi connectivity index (χ3v) is 4.35. The highest BCUT2D eigenvalue weighted by Gasteiger charge is 2.38. The molecule has 2 rings (SSSR count). The standard InChI is InChI=1S/C16H19Cl/c1-15(2,3)16(17)11-9-14(10-12-16)13-7-5-4-6-8-13/h4-11H,12H2,1-3H3. The molecule has 0 heterocycles. The molecule has 0 bridgehead atoms. The second-order valence-electron chi connectivity index (χ2n) is 5.68. The van der Waals surface area contributed by atoms with E-state index in [0.717, 1.165) is 6.42 Å². The fourth-order valence-corrected chi connectivity index (χ4v) is 2.16. The van der Waals surface area contributed by atoms with E-state index in [1.807, 2.05) is 6.07 Å². The van der Waals surface area contributed by atoms with Gasteiger partial charge in [0.05, 0.1) is 4.87 Å². The quantitative estimate of drug-likeness (QED) is 0.608. The van der Waals surface area contributed by atoms with Crippen LogP contribution in [0.1, 0.15) is 32.8 Å². The summed E-state index contributed by atoms with van der Waals surface area (Å²) < 4.78 is 0. The summed E-state index contributed by atoms with van der Waals surface area (Å²) in [5, 5.41) is 0. The molecule has 0 saturated heterocycles. The Morgan fingerprint density at radius 1 is 1.12 bits per heavy atom. The molecular formula is C16H19Cl. The van der Waals surface area contributed by atoms with Crippen LogP contribution >= 0.6 is 11.6 Å². The van der Waals surface area contributed by atoms with Gasteiger partial charge >= 0.3 is 0 Å². The molecule has 0 nitrogen and oxygen atoms in total. The number of rotatable bonds is 1. The van der Waals surface area contributed by atoms with Crippen molar-refractivity contribution in [1.82, 2.24) is 0 Å². The molecular weight excluding hydrogens is 228 g/mol.